The summed E-state index contributed by atoms with van der Waals surface area (Å²) in [7, 11) is 0. The molecule has 4 heteroatoms. The number of carbonyl (C=O) groups is 1. The normalized spacial score (nSPS) is 12.3. The molecule has 0 fully saturated rings. The van der Waals surface area contributed by atoms with Crippen LogP contribution in [0.2, 0.25) is 0 Å². The molecule has 1 aromatic carbocycles. The average Bonchev–Trinajstić information content (AvgIpc) is 2.16. The zero-order valence-electron chi connectivity index (χ0n) is 9.75. The van der Waals surface area contributed by atoms with Gasteiger partial charge in [0.15, 0.2) is 0 Å². The van der Waals surface area contributed by atoms with Crippen molar-refractivity contribution in [1.29, 1.82) is 0 Å². The number of nitrogens with one attached hydrogen (secondary N) is 2. The van der Waals surface area contributed by atoms with Crippen molar-refractivity contribution < 1.29 is 4.79 Å². The number of amides is 2. The minimum absolute atomic E-state index is 0.159. The molecule has 0 radical (unpaired) electrons. The van der Waals surface area contributed by atoms with E-state index in [1.54, 1.807) is 0 Å². The largest absolute Gasteiger partial charge is 0.335 e. The Balaban J connectivity index is 2.52. The second-order valence-corrected chi connectivity index (χ2v) is 5.06. The molecule has 1 unspecified atom stereocenters. The Kier molecular flexibility index (Phi) is 4.80. The van der Waals surface area contributed by atoms with Gasteiger partial charge in [-0.25, -0.2) is 4.79 Å². The summed E-state index contributed by atoms with van der Waals surface area (Å²) in [5, 5.41) is 5.67. The maximum atomic E-state index is 11.6. The van der Waals surface area contributed by atoms with Crippen LogP contribution in [0.5, 0.6) is 0 Å². The van der Waals surface area contributed by atoms with Crippen LogP contribution in [0.3, 0.4) is 0 Å². The fourth-order valence-corrected chi connectivity index (χ4v) is 1.51. The van der Waals surface area contributed by atoms with Crippen LogP contribution >= 0.6 is 15.9 Å². The quantitative estimate of drug-likeness (QED) is 0.875. The Morgan fingerprint density at radius 1 is 1.31 bits per heavy atom. The number of rotatable bonds is 3. The average molecular weight is 285 g/mol. The predicted octanol–water partition coefficient (Wildman–Crippen LogP) is 3.62. The third-order valence-corrected chi connectivity index (χ3v) is 2.93. The van der Waals surface area contributed by atoms with Gasteiger partial charge in [-0.15, -0.1) is 0 Å². The van der Waals surface area contributed by atoms with Gasteiger partial charge in [0.2, 0.25) is 0 Å². The maximum absolute atomic E-state index is 11.6. The van der Waals surface area contributed by atoms with E-state index in [2.05, 4.69) is 40.4 Å². The summed E-state index contributed by atoms with van der Waals surface area (Å²) in [6, 6.07) is 7.50. The van der Waals surface area contributed by atoms with Crippen LogP contribution in [0.25, 0.3) is 0 Å². The zero-order chi connectivity index (χ0) is 12.1. The van der Waals surface area contributed by atoms with Gasteiger partial charge in [0.25, 0.3) is 0 Å². The minimum atomic E-state index is -0.167. The molecule has 0 heterocycles. The molecule has 0 saturated carbocycles. The summed E-state index contributed by atoms with van der Waals surface area (Å²) in [5.74, 6) is 0.424. The smallest absolute Gasteiger partial charge is 0.319 e. The summed E-state index contributed by atoms with van der Waals surface area (Å²) < 4.78 is 0.946. The van der Waals surface area contributed by atoms with Gasteiger partial charge in [-0.05, 0) is 31.0 Å². The summed E-state index contributed by atoms with van der Waals surface area (Å²) >= 11 is 3.35. The molecule has 16 heavy (non-hydrogen) atoms. The van der Waals surface area contributed by atoms with Crippen LogP contribution in [0.1, 0.15) is 20.8 Å². The van der Waals surface area contributed by atoms with Crippen LogP contribution in [-0.2, 0) is 0 Å². The molecule has 0 bridgehead atoms. The van der Waals surface area contributed by atoms with Gasteiger partial charge in [0.1, 0.15) is 0 Å². The van der Waals surface area contributed by atoms with Gasteiger partial charge in [0, 0.05) is 16.2 Å². The summed E-state index contributed by atoms with van der Waals surface area (Å²) in [4.78, 5) is 11.6. The second kappa shape index (κ2) is 5.89. The van der Waals surface area contributed by atoms with Gasteiger partial charge in [0.05, 0.1) is 0 Å². The van der Waals surface area contributed by atoms with E-state index in [0.29, 0.717) is 5.92 Å². The fraction of sp³-hybridized carbons (Fsp3) is 0.417. The van der Waals surface area contributed by atoms with E-state index in [1.165, 1.54) is 0 Å². The number of carbonyl (C=O) groups excluding carboxylic acids is 1. The molecule has 0 spiro atoms. The molecule has 2 amide bonds. The molecule has 0 saturated heterocycles. The van der Waals surface area contributed by atoms with Crippen molar-refractivity contribution in [1.82, 2.24) is 5.32 Å². The van der Waals surface area contributed by atoms with E-state index in [9.17, 15) is 4.79 Å². The number of anilines is 1. The highest BCUT2D eigenvalue weighted by atomic mass is 79.9. The van der Waals surface area contributed by atoms with E-state index in [-0.39, 0.29) is 12.1 Å². The molecule has 0 aromatic heterocycles. The van der Waals surface area contributed by atoms with Crippen molar-refractivity contribution >= 4 is 27.6 Å². The molecule has 1 aromatic rings. The Morgan fingerprint density at radius 2 is 2.00 bits per heavy atom. The summed E-state index contributed by atoms with van der Waals surface area (Å²) in [6.07, 6.45) is 0. The Morgan fingerprint density at radius 3 is 2.56 bits per heavy atom. The number of halogens is 1. The Bertz CT molecular complexity index is 366. The first kappa shape index (κ1) is 13.0. The molecular weight excluding hydrogens is 268 g/mol. The lowest BCUT2D eigenvalue weighted by Gasteiger charge is -2.17. The molecule has 2 N–H and O–H groups in total. The third-order valence-electron chi connectivity index (χ3n) is 2.44. The van der Waals surface area contributed by atoms with Crippen molar-refractivity contribution in [2.45, 2.75) is 26.8 Å². The molecule has 1 rings (SSSR count). The maximum Gasteiger partial charge on any atom is 0.319 e. The topological polar surface area (TPSA) is 41.1 Å². The molecule has 0 aliphatic heterocycles. The van der Waals surface area contributed by atoms with E-state index < -0.39 is 0 Å². The van der Waals surface area contributed by atoms with Crippen molar-refractivity contribution in [2.75, 3.05) is 5.32 Å². The first-order valence-electron chi connectivity index (χ1n) is 5.32. The number of benzene rings is 1. The van der Waals surface area contributed by atoms with Crippen LogP contribution in [0.4, 0.5) is 10.5 Å². The zero-order valence-corrected chi connectivity index (χ0v) is 11.3. The Hall–Kier alpha value is -1.03. The van der Waals surface area contributed by atoms with Gasteiger partial charge in [-0.1, -0.05) is 35.8 Å². The number of hydrogen-bond donors (Lipinski definition) is 2. The van der Waals surface area contributed by atoms with E-state index >= 15 is 0 Å². The predicted molar refractivity (Wildman–Crippen MR) is 70.6 cm³/mol. The van der Waals surface area contributed by atoms with E-state index in [4.69, 9.17) is 0 Å². The highest BCUT2D eigenvalue weighted by Crippen LogP contribution is 2.15. The van der Waals surface area contributed by atoms with E-state index in [1.807, 2.05) is 31.2 Å². The highest BCUT2D eigenvalue weighted by Gasteiger charge is 2.10. The van der Waals surface area contributed by atoms with Crippen LogP contribution in [0.15, 0.2) is 28.7 Å². The second-order valence-electron chi connectivity index (χ2n) is 4.14. The van der Waals surface area contributed by atoms with Crippen LogP contribution in [0, 0.1) is 5.92 Å². The first-order chi connectivity index (χ1) is 7.49. The lowest BCUT2D eigenvalue weighted by Crippen LogP contribution is -2.38. The van der Waals surface area contributed by atoms with Crippen molar-refractivity contribution in [3.05, 3.63) is 28.7 Å². The molecule has 1 atom stereocenters. The van der Waals surface area contributed by atoms with Crippen molar-refractivity contribution in [3.63, 3.8) is 0 Å². The summed E-state index contributed by atoms with van der Waals surface area (Å²) in [6.45, 7) is 6.14. The Labute approximate surface area is 105 Å². The number of hydrogen-bond acceptors (Lipinski definition) is 1. The molecule has 0 aliphatic rings. The van der Waals surface area contributed by atoms with Crippen LogP contribution in [-0.4, -0.2) is 12.1 Å². The molecule has 0 aliphatic carbocycles. The van der Waals surface area contributed by atoms with Crippen molar-refractivity contribution in [3.8, 4) is 0 Å². The highest BCUT2D eigenvalue weighted by molar-refractivity contribution is 9.10. The molecule has 3 nitrogen and oxygen atoms in total. The third kappa shape index (κ3) is 4.23. The standard InChI is InChI=1S/C12H17BrN2O/c1-8(2)9(3)14-12(16)15-11-6-4-5-10(13)7-11/h4-9H,1-3H3,(H2,14,15,16). The molecule has 88 valence electrons. The lowest BCUT2D eigenvalue weighted by atomic mass is 10.1. The van der Waals surface area contributed by atoms with Crippen LogP contribution < -0.4 is 10.6 Å². The monoisotopic (exact) mass is 284 g/mol. The van der Waals surface area contributed by atoms with Crippen molar-refractivity contribution in [2.24, 2.45) is 5.92 Å². The SMILES string of the molecule is CC(C)C(C)NC(=O)Nc1cccc(Br)c1. The lowest BCUT2D eigenvalue weighted by molar-refractivity contribution is 0.246. The van der Waals surface area contributed by atoms with Gasteiger partial charge in [-0.2, -0.15) is 0 Å². The van der Waals surface area contributed by atoms with E-state index in [0.717, 1.165) is 10.2 Å². The van der Waals surface area contributed by atoms with Gasteiger partial charge in [-0.3, -0.25) is 0 Å². The molecular formula is C12H17BrN2O. The van der Waals surface area contributed by atoms with Gasteiger partial charge < -0.3 is 10.6 Å². The summed E-state index contributed by atoms with van der Waals surface area (Å²) in [5.41, 5.74) is 0.780. The first-order valence-corrected chi connectivity index (χ1v) is 6.11. The minimum Gasteiger partial charge on any atom is -0.335 e. The fourth-order valence-electron chi connectivity index (χ4n) is 1.11. The van der Waals surface area contributed by atoms with Gasteiger partial charge >= 0.3 is 6.03 Å². The number of urea groups is 1.